The van der Waals surface area contributed by atoms with Crippen LogP contribution in [0.15, 0.2) is 41.5 Å². The van der Waals surface area contributed by atoms with Gasteiger partial charge >= 0.3 is 0 Å². The molecule has 0 aliphatic carbocycles. The lowest BCUT2D eigenvalue weighted by Crippen LogP contribution is -2.50. The van der Waals surface area contributed by atoms with Crippen LogP contribution in [0, 0.1) is 0 Å². The predicted octanol–water partition coefficient (Wildman–Crippen LogP) is 1.16. The average molecular weight is 356 g/mol. The molecule has 1 aliphatic heterocycles. The Kier molecular flexibility index (Phi) is 5.55. The number of nitrogens with zero attached hydrogens (tertiary/aromatic N) is 4. The zero-order chi connectivity index (χ0) is 18.5. The van der Waals surface area contributed by atoms with Crippen LogP contribution in [0.2, 0.25) is 0 Å². The summed E-state index contributed by atoms with van der Waals surface area (Å²) in [6.07, 6.45) is 2.17. The van der Waals surface area contributed by atoms with Crippen LogP contribution in [0.25, 0.3) is 0 Å². The molecule has 0 spiro atoms. The minimum Gasteiger partial charge on any atom is -0.495 e. The molecule has 0 saturated carbocycles. The highest BCUT2D eigenvalue weighted by Crippen LogP contribution is 2.28. The van der Waals surface area contributed by atoms with Crippen LogP contribution in [0.1, 0.15) is 12.6 Å². The van der Waals surface area contributed by atoms with Gasteiger partial charge in [-0.2, -0.15) is 0 Å². The number of carbonyl (C=O) groups is 1. The highest BCUT2D eigenvalue weighted by molar-refractivity contribution is 5.76. The van der Waals surface area contributed by atoms with Crippen LogP contribution in [0.3, 0.4) is 0 Å². The Morgan fingerprint density at radius 3 is 2.58 bits per heavy atom. The second kappa shape index (κ2) is 8.03. The van der Waals surface area contributed by atoms with E-state index in [-0.39, 0.29) is 18.0 Å². The zero-order valence-electron chi connectivity index (χ0n) is 15.2. The molecule has 1 aliphatic rings. The van der Waals surface area contributed by atoms with Gasteiger partial charge in [0.05, 0.1) is 19.1 Å². The Morgan fingerprint density at radius 2 is 1.92 bits per heavy atom. The summed E-state index contributed by atoms with van der Waals surface area (Å²) in [5, 5.41) is 0. The van der Waals surface area contributed by atoms with Crippen molar-refractivity contribution in [3.8, 4) is 5.75 Å². The maximum atomic E-state index is 12.5. The normalized spacial score (nSPS) is 14.4. The van der Waals surface area contributed by atoms with Gasteiger partial charge in [0.25, 0.3) is 5.56 Å². The van der Waals surface area contributed by atoms with E-state index in [1.54, 1.807) is 12.0 Å². The van der Waals surface area contributed by atoms with Crippen molar-refractivity contribution in [1.82, 2.24) is 14.5 Å². The van der Waals surface area contributed by atoms with Crippen LogP contribution in [0.4, 0.5) is 5.69 Å². The third-order valence-electron chi connectivity index (χ3n) is 4.66. The topological polar surface area (TPSA) is 67.7 Å². The summed E-state index contributed by atoms with van der Waals surface area (Å²) in [5.74, 6) is 0.777. The molecule has 1 fully saturated rings. The first kappa shape index (κ1) is 18.0. The molecular formula is C19H24N4O3. The quantitative estimate of drug-likeness (QED) is 0.804. The van der Waals surface area contributed by atoms with Crippen molar-refractivity contribution in [2.75, 3.05) is 38.2 Å². The molecule has 1 amide bonds. The minimum atomic E-state index is -0.183. The first-order valence-electron chi connectivity index (χ1n) is 8.83. The molecule has 2 heterocycles. The van der Waals surface area contributed by atoms with Crippen molar-refractivity contribution in [2.45, 2.75) is 19.9 Å². The van der Waals surface area contributed by atoms with E-state index in [0.29, 0.717) is 19.5 Å². The van der Waals surface area contributed by atoms with Gasteiger partial charge in [-0.3, -0.25) is 14.2 Å². The number of para-hydroxylation sites is 2. The van der Waals surface area contributed by atoms with Crippen LogP contribution < -0.4 is 15.2 Å². The number of benzene rings is 1. The van der Waals surface area contributed by atoms with E-state index < -0.39 is 0 Å². The molecule has 1 aromatic carbocycles. The van der Waals surface area contributed by atoms with Crippen molar-refractivity contribution in [2.24, 2.45) is 0 Å². The van der Waals surface area contributed by atoms with Crippen molar-refractivity contribution < 1.29 is 9.53 Å². The molecule has 0 radical (unpaired) electrons. The minimum absolute atomic E-state index is 0.0322. The van der Waals surface area contributed by atoms with Crippen LogP contribution in [0.5, 0.6) is 5.75 Å². The molecule has 0 bridgehead atoms. The third kappa shape index (κ3) is 3.87. The summed E-state index contributed by atoms with van der Waals surface area (Å²) >= 11 is 0. The SMILES string of the molecule is CCc1cc(=O)n(CC(=O)N2CCN(c3ccccc3OC)CC2)cn1. The molecule has 2 aromatic rings. The van der Waals surface area contributed by atoms with Crippen molar-refractivity contribution >= 4 is 11.6 Å². The van der Waals surface area contributed by atoms with E-state index in [1.807, 2.05) is 31.2 Å². The lowest BCUT2D eigenvalue weighted by atomic mass is 10.2. The highest BCUT2D eigenvalue weighted by atomic mass is 16.5. The lowest BCUT2D eigenvalue weighted by molar-refractivity contribution is -0.132. The second-order valence-corrected chi connectivity index (χ2v) is 6.24. The van der Waals surface area contributed by atoms with E-state index >= 15 is 0 Å². The number of aromatic nitrogens is 2. The first-order valence-corrected chi connectivity index (χ1v) is 8.83. The van der Waals surface area contributed by atoms with E-state index in [1.165, 1.54) is 17.0 Å². The fourth-order valence-corrected chi connectivity index (χ4v) is 3.11. The highest BCUT2D eigenvalue weighted by Gasteiger charge is 2.23. The Bertz CT molecular complexity index is 826. The Balaban J connectivity index is 1.61. The Labute approximate surface area is 152 Å². The van der Waals surface area contributed by atoms with E-state index in [0.717, 1.165) is 30.2 Å². The maximum absolute atomic E-state index is 12.5. The number of hydrogen-bond donors (Lipinski definition) is 0. The number of amides is 1. The summed E-state index contributed by atoms with van der Waals surface area (Å²) in [6, 6.07) is 9.38. The number of rotatable bonds is 5. The molecule has 0 unspecified atom stereocenters. The molecule has 7 heteroatoms. The number of methoxy groups -OCH3 is 1. The van der Waals surface area contributed by atoms with Gasteiger partial charge in [-0.05, 0) is 18.6 Å². The van der Waals surface area contributed by atoms with E-state index in [2.05, 4.69) is 9.88 Å². The zero-order valence-corrected chi connectivity index (χ0v) is 15.2. The number of piperazine rings is 1. The summed E-state index contributed by atoms with van der Waals surface area (Å²) in [7, 11) is 1.66. The molecule has 138 valence electrons. The number of carbonyl (C=O) groups excluding carboxylic acids is 1. The number of hydrogen-bond acceptors (Lipinski definition) is 5. The van der Waals surface area contributed by atoms with Crippen LogP contribution >= 0.6 is 0 Å². The molecule has 7 nitrogen and oxygen atoms in total. The average Bonchev–Trinajstić information content (AvgIpc) is 2.69. The first-order chi connectivity index (χ1) is 12.6. The van der Waals surface area contributed by atoms with Gasteiger partial charge in [0.15, 0.2) is 0 Å². The second-order valence-electron chi connectivity index (χ2n) is 6.24. The number of ether oxygens (including phenoxy) is 1. The van der Waals surface area contributed by atoms with Gasteiger partial charge in [-0.25, -0.2) is 4.98 Å². The molecular weight excluding hydrogens is 332 g/mol. The molecule has 0 N–H and O–H groups in total. The summed E-state index contributed by atoms with van der Waals surface area (Å²) < 4.78 is 6.79. The lowest BCUT2D eigenvalue weighted by Gasteiger charge is -2.36. The van der Waals surface area contributed by atoms with Gasteiger partial charge in [0, 0.05) is 37.9 Å². The maximum Gasteiger partial charge on any atom is 0.253 e. The molecule has 26 heavy (non-hydrogen) atoms. The number of aryl methyl sites for hydroxylation is 1. The van der Waals surface area contributed by atoms with Crippen molar-refractivity contribution in [3.05, 3.63) is 52.7 Å². The number of anilines is 1. The van der Waals surface area contributed by atoms with Gasteiger partial charge in [0.2, 0.25) is 5.91 Å². The van der Waals surface area contributed by atoms with Crippen LogP contribution in [-0.4, -0.2) is 53.6 Å². The van der Waals surface area contributed by atoms with E-state index in [9.17, 15) is 9.59 Å². The Morgan fingerprint density at radius 1 is 1.19 bits per heavy atom. The molecule has 0 atom stereocenters. The smallest absolute Gasteiger partial charge is 0.253 e. The molecule has 1 aromatic heterocycles. The van der Waals surface area contributed by atoms with Gasteiger partial charge < -0.3 is 14.5 Å². The van der Waals surface area contributed by atoms with Gasteiger partial charge in [0.1, 0.15) is 12.3 Å². The summed E-state index contributed by atoms with van der Waals surface area (Å²) in [4.78, 5) is 32.8. The summed E-state index contributed by atoms with van der Waals surface area (Å²) in [6.45, 7) is 4.67. The van der Waals surface area contributed by atoms with E-state index in [4.69, 9.17) is 4.74 Å². The van der Waals surface area contributed by atoms with Crippen molar-refractivity contribution in [1.29, 1.82) is 0 Å². The molecule has 1 saturated heterocycles. The Hall–Kier alpha value is -2.83. The fraction of sp³-hybridized carbons (Fsp3) is 0.421. The van der Waals surface area contributed by atoms with Crippen LogP contribution in [-0.2, 0) is 17.8 Å². The monoisotopic (exact) mass is 356 g/mol. The summed E-state index contributed by atoms with van der Waals surface area (Å²) in [5.41, 5.74) is 1.60. The van der Waals surface area contributed by atoms with Crippen molar-refractivity contribution in [3.63, 3.8) is 0 Å². The predicted molar refractivity (Wildman–Crippen MR) is 99.7 cm³/mol. The fourth-order valence-electron chi connectivity index (χ4n) is 3.11. The standard InChI is InChI=1S/C19H24N4O3/c1-3-15-12-18(24)23(14-20-15)13-19(25)22-10-8-21(9-11-22)16-6-4-5-7-17(16)26-2/h4-7,12,14H,3,8-11,13H2,1-2H3. The largest absolute Gasteiger partial charge is 0.495 e. The van der Waals surface area contributed by atoms with Gasteiger partial charge in [-0.1, -0.05) is 19.1 Å². The molecule has 3 rings (SSSR count). The van der Waals surface area contributed by atoms with Gasteiger partial charge in [-0.15, -0.1) is 0 Å². The third-order valence-corrected chi connectivity index (χ3v) is 4.66.